The molecular weight excluding hydrogens is 258 g/mol. The van der Waals surface area contributed by atoms with Crippen molar-refractivity contribution in [1.29, 1.82) is 0 Å². The summed E-state index contributed by atoms with van der Waals surface area (Å²) in [5.74, 6) is 0.0905. The number of esters is 1. The summed E-state index contributed by atoms with van der Waals surface area (Å²) >= 11 is 0. The van der Waals surface area contributed by atoms with Crippen LogP contribution in [-0.4, -0.2) is 43.1 Å². The fourth-order valence-corrected chi connectivity index (χ4v) is 1.44. The topological polar surface area (TPSA) is 55.8 Å². The summed E-state index contributed by atoms with van der Waals surface area (Å²) < 4.78 is 10.3. The van der Waals surface area contributed by atoms with Crippen LogP contribution < -0.4 is 4.74 Å². The molecule has 0 heterocycles. The van der Waals surface area contributed by atoms with Crippen LogP contribution >= 0.6 is 0 Å². The fourth-order valence-electron chi connectivity index (χ4n) is 1.44. The molecule has 1 aromatic rings. The van der Waals surface area contributed by atoms with Crippen LogP contribution in [0.3, 0.4) is 0 Å². The monoisotopic (exact) mass is 279 g/mol. The van der Waals surface area contributed by atoms with Crippen molar-refractivity contribution in [3.63, 3.8) is 0 Å². The third kappa shape index (κ3) is 4.57. The van der Waals surface area contributed by atoms with Crippen molar-refractivity contribution in [2.45, 2.75) is 26.8 Å². The molecule has 0 aliphatic heterocycles. The summed E-state index contributed by atoms with van der Waals surface area (Å²) in [6.07, 6.45) is 0. The number of ether oxygens (including phenoxy) is 2. The second-order valence-corrected chi connectivity index (χ2v) is 4.63. The summed E-state index contributed by atoms with van der Waals surface area (Å²) in [5.41, 5.74) is 0.463. The molecule has 0 saturated heterocycles. The molecule has 0 aliphatic carbocycles. The molecule has 1 aromatic carbocycles. The summed E-state index contributed by atoms with van der Waals surface area (Å²) in [4.78, 5) is 24.8. The number of carbonyl (C=O) groups excluding carboxylic acids is 2. The van der Waals surface area contributed by atoms with Gasteiger partial charge in [0.2, 0.25) is 0 Å². The van der Waals surface area contributed by atoms with Crippen molar-refractivity contribution in [3.05, 3.63) is 29.8 Å². The minimum atomic E-state index is -0.366. The van der Waals surface area contributed by atoms with E-state index in [0.29, 0.717) is 17.9 Å². The molecule has 0 unspecified atom stereocenters. The SMILES string of the molecule is CCOC(=O)c1ccc(OCC(=O)N(C)C(C)C)cc1. The number of benzene rings is 1. The van der Waals surface area contributed by atoms with Crippen molar-refractivity contribution < 1.29 is 19.1 Å². The van der Waals surface area contributed by atoms with Gasteiger partial charge in [-0.2, -0.15) is 0 Å². The number of carbonyl (C=O) groups is 2. The Kier molecular flexibility index (Phi) is 6.03. The van der Waals surface area contributed by atoms with E-state index in [4.69, 9.17) is 9.47 Å². The highest BCUT2D eigenvalue weighted by molar-refractivity contribution is 5.89. The van der Waals surface area contributed by atoms with Crippen LogP contribution in [0.5, 0.6) is 5.75 Å². The molecule has 110 valence electrons. The van der Waals surface area contributed by atoms with E-state index < -0.39 is 0 Å². The Hall–Kier alpha value is -2.04. The van der Waals surface area contributed by atoms with Gasteiger partial charge in [-0.15, -0.1) is 0 Å². The molecule has 0 spiro atoms. The Morgan fingerprint density at radius 1 is 1.20 bits per heavy atom. The first kappa shape index (κ1) is 16.0. The van der Waals surface area contributed by atoms with Crippen LogP contribution in [0.4, 0.5) is 0 Å². The molecule has 0 aromatic heterocycles. The lowest BCUT2D eigenvalue weighted by atomic mass is 10.2. The molecule has 5 heteroatoms. The Bertz CT molecular complexity index is 453. The van der Waals surface area contributed by atoms with Crippen LogP contribution in [0.1, 0.15) is 31.1 Å². The number of likely N-dealkylation sites (N-methyl/N-ethyl adjacent to an activating group) is 1. The quantitative estimate of drug-likeness (QED) is 0.748. The molecule has 5 nitrogen and oxygen atoms in total. The van der Waals surface area contributed by atoms with Gasteiger partial charge in [-0.3, -0.25) is 4.79 Å². The number of hydrogen-bond donors (Lipinski definition) is 0. The van der Waals surface area contributed by atoms with Crippen molar-refractivity contribution in [2.24, 2.45) is 0 Å². The second kappa shape index (κ2) is 7.53. The van der Waals surface area contributed by atoms with E-state index in [-0.39, 0.29) is 24.5 Å². The van der Waals surface area contributed by atoms with Gasteiger partial charge in [-0.25, -0.2) is 4.79 Å². The maximum Gasteiger partial charge on any atom is 0.338 e. The zero-order valence-electron chi connectivity index (χ0n) is 12.4. The Morgan fingerprint density at radius 2 is 1.80 bits per heavy atom. The highest BCUT2D eigenvalue weighted by atomic mass is 16.5. The van der Waals surface area contributed by atoms with Gasteiger partial charge < -0.3 is 14.4 Å². The fraction of sp³-hybridized carbons (Fsp3) is 0.467. The molecule has 0 saturated carbocycles. The summed E-state index contributed by atoms with van der Waals surface area (Å²) in [5, 5.41) is 0. The minimum Gasteiger partial charge on any atom is -0.484 e. The number of rotatable bonds is 6. The molecule has 0 bridgehead atoms. The van der Waals surface area contributed by atoms with Crippen molar-refractivity contribution >= 4 is 11.9 Å². The molecule has 20 heavy (non-hydrogen) atoms. The standard InChI is InChI=1S/C15H21NO4/c1-5-19-15(18)12-6-8-13(9-7-12)20-10-14(17)16(4)11(2)3/h6-9,11H,5,10H2,1-4H3. The lowest BCUT2D eigenvalue weighted by molar-refractivity contribution is -0.133. The van der Waals surface area contributed by atoms with Crippen molar-refractivity contribution in [1.82, 2.24) is 4.90 Å². The summed E-state index contributed by atoms with van der Waals surface area (Å²) in [6.45, 7) is 5.95. The molecule has 1 rings (SSSR count). The van der Waals surface area contributed by atoms with Gasteiger partial charge in [0.25, 0.3) is 5.91 Å². The van der Waals surface area contributed by atoms with E-state index in [1.165, 1.54) is 0 Å². The Labute approximate surface area is 119 Å². The first-order valence-corrected chi connectivity index (χ1v) is 6.61. The number of nitrogens with zero attached hydrogens (tertiary/aromatic N) is 1. The number of hydrogen-bond acceptors (Lipinski definition) is 4. The van der Waals surface area contributed by atoms with E-state index in [2.05, 4.69) is 0 Å². The smallest absolute Gasteiger partial charge is 0.338 e. The summed E-state index contributed by atoms with van der Waals surface area (Å²) in [7, 11) is 1.74. The largest absolute Gasteiger partial charge is 0.484 e. The molecule has 0 aliphatic rings. The summed E-state index contributed by atoms with van der Waals surface area (Å²) in [6, 6.07) is 6.66. The second-order valence-electron chi connectivity index (χ2n) is 4.63. The molecule has 0 fully saturated rings. The van der Waals surface area contributed by atoms with Crippen LogP contribution in [0.25, 0.3) is 0 Å². The van der Waals surface area contributed by atoms with E-state index in [1.807, 2.05) is 13.8 Å². The van der Waals surface area contributed by atoms with Gasteiger partial charge in [0.1, 0.15) is 5.75 Å². The molecule has 0 radical (unpaired) electrons. The van der Waals surface area contributed by atoms with Gasteiger partial charge >= 0.3 is 5.97 Å². The van der Waals surface area contributed by atoms with E-state index >= 15 is 0 Å². The van der Waals surface area contributed by atoms with Gasteiger partial charge in [0, 0.05) is 13.1 Å². The van der Waals surface area contributed by atoms with Gasteiger partial charge in [0.15, 0.2) is 6.61 Å². The van der Waals surface area contributed by atoms with E-state index in [0.717, 1.165) is 0 Å². The molecule has 0 N–H and O–H groups in total. The van der Waals surface area contributed by atoms with Crippen LogP contribution in [0.15, 0.2) is 24.3 Å². The predicted octanol–water partition coefficient (Wildman–Crippen LogP) is 2.11. The number of amides is 1. The predicted molar refractivity (Wildman–Crippen MR) is 75.8 cm³/mol. The maximum atomic E-state index is 11.7. The maximum absolute atomic E-state index is 11.7. The van der Waals surface area contributed by atoms with Crippen molar-refractivity contribution in [2.75, 3.05) is 20.3 Å². The Morgan fingerprint density at radius 3 is 2.30 bits per heavy atom. The van der Waals surface area contributed by atoms with Crippen LogP contribution in [-0.2, 0) is 9.53 Å². The van der Waals surface area contributed by atoms with Gasteiger partial charge in [0.05, 0.1) is 12.2 Å². The lowest BCUT2D eigenvalue weighted by Gasteiger charge is -2.21. The zero-order chi connectivity index (χ0) is 15.1. The van der Waals surface area contributed by atoms with Crippen LogP contribution in [0, 0.1) is 0 Å². The van der Waals surface area contributed by atoms with E-state index in [1.54, 1.807) is 43.1 Å². The van der Waals surface area contributed by atoms with Gasteiger partial charge in [-0.05, 0) is 45.0 Å². The molecular formula is C15H21NO4. The van der Waals surface area contributed by atoms with E-state index in [9.17, 15) is 9.59 Å². The average Bonchev–Trinajstić information content (AvgIpc) is 2.44. The van der Waals surface area contributed by atoms with Crippen molar-refractivity contribution in [3.8, 4) is 5.75 Å². The highest BCUT2D eigenvalue weighted by Crippen LogP contribution is 2.13. The zero-order valence-corrected chi connectivity index (χ0v) is 12.4. The Balaban J connectivity index is 2.54. The average molecular weight is 279 g/mol. The third-order valence-corrected chi connectivity index (χ3v) is 2.90. The van der Waals surface area contributed by atoms with Gasteiger partial charge in [-0.1, -0.05) is 0 Å². The molecule has 1 amide bonds. The first-order chi connectivity index (χ1) is 9.45. The highest BCUT2D eigenvalue weighted by Gasteiger charge is 2.12. The molecule has 0 atom stereocenters. The lowest BCUT2D eigenvalue weighted by Crippen LogP contribution is -2.36. The third-order valence-electron chi connectivity index (χ3n) is 2.90. The first-order valence-electron chi connectivity index (χ1n) is 6.61. The van der Waals surface area contributed by atoms with Crippen LogP contribution in [0.2, 0.25) is 0 Å². The minimum absolute atomic E-state index is 0.0204. The normalized spacial score (nSPS) is 10.2.